The maximum Gasteiger partial charge on any atom is 0.307 e. The number of phenolic OH excluding ortho intramolecular Hbond substituents is 1. The van der Waals surface area contributed by atoms with Gasteiger partial charge < -0.3 is 24.2 Å². The molecule has 1 aromatic rings. The molecule has 0 radical (unpaired) electrons. The Balaban J connectivity index is 1.82. The number of rotatable bonds is 2. The van der Waals surface area contributed by atoms with Crippen LogP contribution in [0.4, 0.5) is 0 Å². The van der Waals surface area contributed by atoms with Gasteiger partial charge in [-0.1, -0.05) is 0 Å². The molecule has 0 amide bonds. The van der Waals surface area contributed by atoms with Gasteiger partial charge in [-0.25, -0.2) is 0 Å². The molecule has 0 saturated carbocycles. The Hall–Kier alpha value is -2.21. The monoisotopic (exact) mass is 357 g/mol. The van der Waals surface area contributed by atoms with E-state index in [0.717, 1.165) is 42.7 Å². The average molecular weight is 357 g/mol. The van der Waals surface area contributed by atoms with Crippen molar-refractivity contribution in [2.24, 2.45) is 5.92 Å². The van der Waals surface area contributed by atoms with E-state index in [-0.39, 0.29) is 17.1 Å². The Labute approximate surface area is 152 Å². The molecule has 1 spiro atoms. The maximum absolute atomic E-state index is 11.7. The fraction of sp³-hybridized carbons (Fsp3) is 0.550. The van der Waals surface area contributed by atoms with Gasteiger partial charge in [0.2, 0.25) is 0 Å². The van der Waals surface area contributed by atoms with E-state index in [4.69, 9.17) is 14.2 Å². The van der Waals surface area contributed by atoms with Gasteiger partial charge in [-0.15, -0.1) is 0 Å². The molecule has 3 atom stereocenters. The maximum atomic E-state index is 11.7. The summed E-state index contributed by atoms with van der Waals surface area (Å²) >= 11 is 0. The summed E-state index contributed by atoms with van der Waals surface area (Å²) < 4.78 is 17.4. The van der Waals surface area contributed by atoms with Crippen molar-refractivity contribution < 1.29 is 24.1 Å². The number of likely N-dealkylation sites (tertiary alicyclic amines) is 1. The molecule has 4 aliphatic rings. The van der Waals surface area contributed by atoms with Crippen LogP contribution in [0.2, 0.25) is 0 Å². The molecule has 26 heavy (non-hydrogen) atoms. The highest BCUT2D eigenvalue weighted by Crippen LogP contribution is 2.66. The number of hydrogen-bond acceptors (Lipinski definition) is 6. The van der Waals surface area contributed by atoms with E-state index in [1.54, 1.807) is 13.2 Å². The van der Waals surface area contributed by atoms with Crippen LogP contribution < -0.4 is 9.47 Å². The van der Waals surface area contributed by atoms with Crippen molar-refractivity contribution in [2.45, 2.75) is 44.1 Å². The summed E-state index contributed by atoms with van der Waals surface area (Å²) in [7, 11) is 3.74. The molecule has 1 aromatic carbocycles. The number of ether oxygens (including phenoxy) is 3. The SMILES string of the molecule is COc1cc(O)c2c3c1OC1=C(OC(C)=O)CC[C@H]4[C@@H](C2)N(C)CC[C@@]134. The van der Waals surface area contributed by atoms with Crippen molar-refractivity contribution in [1.29, 1.82) is 0 Å². The smallest absolute Gasteiger partial charge is 0.307 e. The predicted octanol–water partition coefficient (Wildman–Crippen LogP) is 2.48. The molecule has 2 aliphatic heterocycles. The van der Waals surface area contributed by atoms with Gasteiger partial charge in [0.15, 0.2) is 17.3 Å². The molecule has 2 bridgehead atoms. The number of nitrogens with zero attached hydrogens (tertiary/aromatic N) is 1. The number of benzene rings is 1. The van der Waals surface area contributed by atoms with E-state index < -0.39 is 0 Å². The molecule has 138 valence electrons. The second-order valence-electron chi connectivity index (χ2n) is 7.85. The summed E-state index contributed by atoms with van der Waals surface area (Å²) in [5, 5.41) is 10.7. The lowest BCUT2D eigenvalue weighted by Crippen LogP contribution is -2.59. The molecule has 6 nitrogen and oxygen atoms in total. The Morgan fingerprint density at radius 1 is 1.46 bits per heavy atom. The van der Waals surface area contributed by atoms with Crippen molar-refractivity contribution in [3.63, 3.8) is 0 Å². The molecule has 1 N–H and O–H groups in total. The van der Waals surface area contributed by atoms with E-state index >= 15 is 0 Å². The molecule has 1 saturated heterocycles. The van der Waals surface area contributed by atoms with Crippen LogP contribution in [0.3, 0.4) is 0 Å². The summed E-state index contributed by atoms with van der Waals surface area (Å²) in [5.74, 6) is 2.96. The first kappa shape index (κ1) is 16.0. The van der Waals surface area contributed by atoms with Crippen LogP contribution in [0.25, 0.3) is 0 Å². The van der Waals surface area contributed by atoms with Crippen molar-refractivity contribution in [3.05, 3.63) is 28.7 Å². The lowest BCUT2D eigenvalue weighted by Gasteiger charge is -2.55. The van der Waals surface area contributed by atoms with Gasteiger partial charge in [0, 0.05) is 36.6 Å². The highest BCUT2D eigenvalue weighted by Gasteiger charge is 2.63. The number of carbonyl (C=O) groups is 1. The third-order valence-electron chi connectivity index (χ3n) is 6.74. The minimum Gasteiger partial charge on any atom is -0.508 e. The number of piperidine rings is 1. The second-order valence-corrected chi connectivity index (χ2v) is 7.85. The number of allylic oxidation sites excluding steroid dienone is 2. The van der Waals surface area contributed by atoms with E-state index in [9.17, 15) is 9.90 Å². The van der Waals surface area contributed by atoms with Crippen molar-refractivity contribution in [1.82, 2.24) is 4.90 Å². The zero-order valence-electron chi connectivity index (χ0n) is 15.3. The van der Waals surface area contributed by atoms with Gasteiger partial charge in [0.1, 0.15) is 11.5 Å². The van der Waals surface area contributed by atoms with Crippen molar-refractivity contribution in [3.8, 4) is 17.2 Å². The van der Waals surface area contributed by atoms with E-state index in [2.05, 4.69) is 11.9 Å². The van der Waals surface area contributed by atoms with Crippen molar-refractivity contribution in [2.75, 3.05) is 20.7 Å². The highest BCUT2D eigenvalue weighted by molar-refractivity contribution is 5.70. The lowest BCUT2D eigenvalue weighted by atomic mass is 9.54. The fourth-order valence-electron chi connectivity index (χ4n) is 5.76. The Morgan fingerprint density at radius 3 is 3.00 bits per heavy atom. The van der Waals surface area contributed by atoms with Gasteiger partial charge >= 0.3 is 5.97 Å². The zero-order chi connectivity index (χ0) is 18.2. The number of phenols is 1. The number of carbonyl (C=O) groups excluding carboxylic acids is 1. The summed E-state index contributed by atoms with van der Waals surface area (Å²) in [6, 6.07) is 1.99. The Kier molecular flexibility index (Phi) is 3.18. The van der Waals surface area contributed by atoms with Crippen LogP contribution in [0.1, 0.15) is 37.3 Å². The molecule has 2 aliphatic carbocycles. The van der Waals surface area contributed by atoms with Gasteiger partial charge in [-0.2, -0.15) is 0 Å². The molecule has 2 heterocycles. The zero-order valence-corrected chi connectivity index (χ0v) is 15.3. The minimum atomic E-state index is -0.324. The average Bonchev–Trinajstić information content (AvgIpc) is 2.95. The first-order chi connectivity index (χ1) is 12.5. The van der Waals surface area contributed by atoms with Crippen LogP contribution >= 0.6 is 0 Å². The van der Waals surface area contributed by atoms with Gasteiger partial charge in [0.25, 0.3) is 0 Å². The van der Waals surface area contributed by atoms with Crippen molar-refractivity contribution >= 4 is 5.97 Å². The van der Waals surface area contributed by atoms with Crippen LogP contribution in [-0.2, 0) is 21.4 Å². The number of methoxy groups -OCH3 is 1. The molecule has 0 aromatic heterocycles. The first-order valence-corrected chi connectivity index (χ1v) is 9.20. The molecular weight excluding hydrogens is 334 g/mol. The third kappa shape index (κ3) is 1.78. The predicted molar refractivity (Wildman–Crippen MR) is 93.2 cm³/mol. The first-order valence-electron chi connectivity index (χ1n) is 9.20. The lowest BCUT2D eigenvalue weighted by molar-refractivity contribution is -0.138. The van der Waals surface area contributed by atoms with E-state index in [1.165, 1.54) is 6.92 Å². The third-order valence-corrected chi connectivity index (χ3v) is 6.74. The molecular formula is C20H23NO5. The number of likely N-dealkylation sites (N-methyl/N-ethyl adjacent to an activating group) is 1. The molecule has 6 heteroatoms. The topological polar surface area (TPSA) is 68.2 Å². The number of hydrogen-bond donors (Lipinski definition) is 1. The highest BCUT2D eigenvalue weighted by atomic mass is 16.6. The number of esters is 1. The largest absolute Gasteiger partial charge is 0.508 e. The molecule has 5 rings (SSSR count). The summed E-state index contributed by atoms with van der Waals surface area (Å²) in [6.45, 7) is 2.37. The van der Waals surface area contributed by atoms with E-state index in [1.807, 2.05) is 0 Å². The standard InChI is InChI=1S/C20H23NO5/c1-10(22)25-15-5-4-12-13-8-11-14(23)9-16(24-3)18-17(11)20(12,19(15)26-18)6-7-21(13)2/h9,12-13,23H,4-8H2,1-3H3/t12-,13+,20-/m0/s1. The van der Waals surface area contributed by atoms with Gasteiger partial charge in [-0.3, -0.25) is 4.79 Å². The van der Waals surface area contributed by atoms with Crippen LogP contribution in [0, 0.1) is 5.92 Å². The Bertz CT molecular complexity index is 860. The van der Waals surface area contributed by atoms with Gasteiger partial charge in [0.05, 0.1) is 12.5 Å². The van der Waals surface area contributed by atoms with Gasteiger partial charge in [-0.05, 0) is 38.8 Å². The summed E-state index contributed by atoms with van der Waals surface area (Å²) in [6.07, 6.45) is 3.34. The quantitative estimate of drug-likeness (QED) is 0.820. The molecule has 1 fully saturated rings. The summed E-state index contributed by atoms with van der Waals surface area (Å²) in [4.78, 5) is 14.0. The number of aromatic hydroxyl groups is 1. The normalized spacial score (nSPS) is 31.3. The Morgan fingerprint density at radius 2 is 2.27 bits per heavy atom. The summed E-state index contributed by atoms with van der Waals surface area (Å²) in [5.41, 5.74) is 1.69. The fourth-order valence-corrected chi connectivity index (χ4v) is 5.76. The minimum absolute atomic E-state index is 0.267. The van der Waals surface area contributed by atoms with Crippen LogP contribution in [0.15, 0.2) is 17.6 Å². The van der Waals surface area contributed by atoms with Crippen LogP contribution in [0.5, 0.6) is 17.2 Å². The second kappa shape index (κ2) is 5.16. The van der Waals surface area contributed by atoms with Crippen LogP contribution in [-0.4, -0.2) is 42.7 Å². The van der Waals surface area contributed by atoms with E-state index in [0.29, 0.717) is 35.6 Å². The molecule has 0 unspecified atom stereocenters.